The number of amides is 1. The molecule has 1 aliphatic heterocycles. The Hall–Kier alpha value is -1.55. The standard InChI is InChI=1S/C14H16ClNO3/c1-9-11(5-2-6-12(9)15)13(17)16-7-3-4-10(8-16)14(18)19/h2,5-6,10H,3-4,7-8H2,1H3,(H,18,19)/t10-/m1/s1. The quantitative estimate of drug-likeness (QED) is 0.906. The van der Waals surface area contributed by atoms with Crippen LogP contribution in [0.3, 0.4) is 0 Å². The first-order chi connectivity index (χ1) is 9.00. The van der Waals surface area contributed by atoms with Crippen LogP contribution in [-0.2, 0) is 4.79 Å². The molecule has 1 fully saturated rings. The summed E-state index contributed by atoms with van der Waals surface area (Å²) in [6.07, 6.45) is 1.36. The van der Waals surface area contributed by atoms with Crippen molar-refractivity contribution in [3.05, 3.63) is 34.3 Å². The van der Waals surface area contributed by atoms with Gasteiger partial charge in [-0.05, 0) is 37.5 Å². The van der Waals surface area contributed by atoms with Crippen molar-refractivity contribution in [1.29, 1.82) is 0 Å². The largest absolute Gasteiger partial charge is 0.481 e. The summed E-state index contributed by atoms with van der Waals surface area (Å²) >= 11 is 6.01. The van der Waals surface area contributed by atoms with Crippen LogP contribution >= 0.6 is 11.6 Å². The van der Waals surface area contributed by atoms with Gasteiger partial charge < -0.3 is 10.0 Å². The number of carboxylic acid groups (broad SMARTS) is 1. The van der Waals surface area contributed by atoms with Gasteiger partial charge in [-0.15, -0.1) is 0 Å². The molecule has 102 valence electrons. The molecule has 19 heavy (non-hydrogen) atoms. The van der Waals surface area contributed by atoms with Gasteiger partial charge in [-0.2, -0.15) is 0 Å². The monoisotopic (exact) mass is 281 g/mol. The maximum atomic E-state index is 12.4. The molecule has 2 rings (SSSR count). The van der Waals surface area contributed by atoms with E-state index in [-0.39, 0.29) is 12.5 Å². The smallest absolute Gasteiger partial charge is 0.308 e. The fourth-order valence-electron chi connectivity index (χ4n) is 2.37. The van der Waals surface area contributed by atoms with Crippen LogP contribution in [0.2, 0.25) is 5.02 Å². The second kappa shape index (κ2) is 5.61. The topological polar surface area (TPSA) is 57.6 Å². The van der Waals surface area contributed by atoms with Gasteiger partial charge in [0.1, 0.15) is 0 Å². The van der Waals surface area contributed by atoms with Crippen molar-refractivity contribution >= 4 is 23.5 Å². The molecule has 1 aliphatic rings. The van der Waals surface area contributed by atoms with Crippen LogP contribution < -0.4 is 0 Å². The van der Waals surface area contributed by atoms with E-state index in [2.05, 4.69) is 0 Å². The van der Waals surface area contributed by atoms with Crippen LogP contribution in [0.25, 0.3) is 0 Å². The van der Waals surface area contributed by atoms with Crippen molar-refractivity contribution in [2.24, 2.45) is 5.92 Å². The zero-order valence-corrected chi connectivity index (χ0v) is 11.5. The lowest BCUT2D eigenvalue weighted by molar-refractivity contribution is -0.143. The molecule has 1 N–H and O–H groups in total. The zero-order chi connectivity index (χ0) is 14.0. The van der Waals surface area contributed by atoms with Crippen molar-refractivity contribution in [3.8, 4) is 0 Å². The summed E-state index contributed by atoms with van der Waals surface area (Å²) < 4.78 is 0. The summed E-state index contributed by atoms with van der Waals surface area (Å²) in [5.41, 5.74) is 1.30. The molecule has 5 heteroatoms. The molecule has 1 atom stereocenters. The number of aliphatic carboxylic acids is 1. The number of nitrogens with zero attached hydrogens (tertiary/aromatic N) is 1. The lowest BCUT2D eigenvalue weighted by Gasteiger charge is -2.31. The number of hydrogen-bond donors (Lipinski definition) is 1. The summed E-state index contributed by atoms with van der Waals surface area (Å²) in [5, 5.41) is 9.60. The Morgan fingerprint density at radius 3 is 2.84 bits per heavy atom. The van der Waals surface area contributed by atoms with Crippen LogP contribution in [-0.4, -0.2) is 35.0 Å². The van der Waals surface area contributed by atoms with Crippen molar-refractivity contribution in [3.63, 3.8) is 0 Å². The Kier molecular flexibility index (Phi) is 4.10. The highest BCUT2D eigenvalue weighted by Crippen LogP contribution is 2.23. The van der Waals surface area contributed by atoms with Gasteiger partial charge in [0.05, 0.1) is 5.92 Å². The number of carbonyl (C=O) groups excluding carboxylic acids is 1. The molecule has 1 aromatic carbocycles. The van der Waals surface area contributed by atoms with E-state index in [1.54, 1.807) is 30.0 Å². The summed E-state index contributed by atoms with van der Waals surface area (Å²) in [5.74, 6) is -1.43. The van der Waals surface area contributed by atoms with Gasteiger partial charge in [0.2, 0.25) is 0 Å². The van der Waals surface area contributed by atoms with E-state index in [0.717, 1.165) is 12.0 Å². The Balaban J connectivity index is 2.19. The molecule has 4 nitrogen and oxygen atoms in total. The van der Waals surface area contributed by atoms with Gasteiger partial charge in [0.15, 0.2) is 0 Å². The van der Waals surface area contributed by atoms with Gasteiger partial charge in [0.25, 0.3) is 5.91 Å². The first-order valence-electron chi connectivity index (χ1n) is 6.28. The maximum Gasteiger partial charge on any atom is 0.308 e. The highest BCUT2D eigenvalue weighted by Gasteiger charge is 2.29. The van der Waals surface area contributed by atoms with Crippen molar-refractivity contribution in [2.45, 2.75) is 19.8 Å². The second-order valence-electron chi connectivity index (χ2n) is 4.84. The first-order valence-corrected chi connectivity index (χ1v) is 6.65. The van der Waals surface area contributed by atoms with Crippen LogP contribution in [0.15, 0.2) is 18.2 Å². The van der Waals surface area contributed by atoms with E-state index in [1.165, 1.54) is 0 Å². The normalized spacial score (nSPS) is 19.3. The third-order valence-corrected chi connectivity index (χ3v) is 3.97. The number of carbonyl (C=O) groups is 2. The summed E-state index contributed by atoms with van der Waals surface area (Å²) in [4.78, 5) is 25.0. The molecule has 0 saturated carbocycles. The van der Waals surface area contributed by atoms with Gasteiger partial charge >= 0.3 is 5.97 Å². The van der Waals surface area contributed by atoms with Crippen LogP contribution in [0.1, 0.15) is 28.8 Å². The number of halogens is 1. The maximum absolute atomic E-state index is 12.4. The highest BCUT2D eigenvalue weighted by molar-refractivity contribution is 6.31. The fourth-order valence-corrected chi connectivity index (χ4v) is 2.55. The molecule has 0 spiro atoms. The Morgan fingerprint density at radius 1 is 1.42 bits per heavy atom. The Labute approximate surface area is 117 Å². The number of carboxylic acids is 1. The van der Waals surface area contributed by atoms with Gasteiger partial charge in [-0.25, -0.2) is 0 Å². The number of piperidine rings is 1. The van der Waals surface area contributed by atoms with Crippen molar-refractivity contribution < 1.29 is 14.7 Å². The summed E-state index contributed by atoms with van der Waals surface area (Å²) in [6, 6.07) is 5.21. The molecule has 0 aromatic heterocycles. The lowest BCUT2D eigenvalue weighted by atomic mass is 9.97. The molecular formula is C14H16ClNO3. The van der Waals surface area contributed by atoms with E-state index in [0.29, 0.717) is 23.6 Å². The van der Waals surface area contributed by atoms with Crippen molar-refractivity contribution in [2.75, 3.05) is 13.1 Å². The second-order valence-corrected chi connectivity index (χ2v) is 5.25. The van der Waals surface area contributed by atoms with E-state index in [4.69, 9.17) is 16.7 Å². The number of hydrogen-bond acceptors (Lipinski definition) is 2. The predicted molar refractivity (Wildman–Crippen MR) is 72.5 cm³/mol. The minimum atomic E-state index is -0.833. The number of benzene rings is 1. The molecule has 1 amide bonds. The SMILES string of the molecule is Cc1c(Cl)cccc1C(=O)N1CCC[C@@H](C(=O)O)C1. The third-order valence-electron chi connectivity index (χ3n) is 3.56. The minimum Gasteiger partial charge on any atom is -0.481 e. The van der Waals surface area contributed by atoms with E-state index in [9.17, 15) is 9.59 Å². The van der Waals surface area contributed by atoms with Crippen LogP contribution in [0.4, 0.5) is 0 Å². The predicted octanol–water partition coefficient (Wildman–Crippen LogP) is 2.59. The Bertz CT molecular complexity index is 515. The molecule has 0 radical (unpaired) electrons. The third kappa shape index (κ3) is 2.89. The number of rotatable bonds is 2. The fraction of sp³-hybridized carbons (Fsp3) is 0.429. The summed E-state index contributed by atoms with van der Waals surface area (Å²) in [7, 11) is 0. The Morgan fingerprint density at radius 2 is 2.16 bits per heavy atom. The minimum absolute atomic E-state index is 0.133. The lowest BCUT2D eigenvalue weighted by Crippen LogP contribution is -2.42. The molecule has 1 heterocycles. The molecule has 0 unspecified atom stereocenters. The van der Waals surface area contributed by atoms with Crippen LogP contribution in [0, 0.1) is 12.8 Å². The average Bonchev–Trinajstić information content (AvgIpc) is 2.41. The van der Waals surface area contributed by atoms with E-state index >= 15 is 0 Å². The summed E-state index contributed by atoms with van der Waals surface area (Å²) in [6.45, 7) is 2.68. The van der Waals surface area contributed by atoms with Gasteiger partial charge in [-0.3, -0.25) is 9.59 Å². The number of likely N-dealkylation sites (tertiary alicyclic amines) is 1. The van der Waals surface area contributed by atoms with E-state index < -0.39 is 11.9 Å². The average molecular weight is 282 g/mol. The highest BCUT2D eigenvalue weighted by atomic mass is 35.5. The van der Waals surface area contributed by atoms with Gasteiger partial charge in [0, 0.05) is 23.7 Å². The van der Waals surface area contributed by atoms with Gasteiger partial charge in [-0.1, -0.05) is 17.7 Å². The van der Waals surface area contributed by atoms with Crippen LogP contribution in [0.5, 0.6) is 0 Å². The molecule has 1 saturated heterocycles. The van der Waals surface area contributed by atoms with E-state index in [1.807, 2.05) is 0 Å². The zero-order valence-electron chi connectivity index (χ0n) is 10.7. The van der Waals surface area contributed by atoms with Crippen molar-refractivity contribution in [1.82, 2.24) is 4.90 Å². The first kappa shape index (κ1) is 13.9. The molecule has 0 aliphatic carbocycles. The molecule has 1 aromatic rings. The molecular weight excluding hydrogens is 266 g/mol. The molecule has 0 bridgehead atoms.